The first-order valence-electron chi connectivity index (χ1n) is 6.15. The molecule has 1 aromatic rings. The summed E-state index contributed by atoms with van der Waals surface area (Å²) in [7, 11) is 0. The lowest BCUT2D eigenvalue weighted by molar-refractivity contribution is 0.850. The zero-order valence-corrected chi connectivity index (χ0v) is 13.0. The van der Waals surface area contributed by atoms with Gasteiger partial charge in [0.2, 0.25) is 0 Å². The van der Waals surface area contributed by atoms with Gasteiger partial charge in [0, 0.05) is 33.3 Å². The average molecular weight is 299 g/mol. The molecule has 18 heavy (non-hydrogen) atoms. The van der Waals surface area contributed by atoms with Crippen molar-refractivity contribution in [2.24, 2.45) is 0 Å². The van der Waals surface area contributed by atoms with Crippen LogP contribution in [0.1, 0.15) is 36.2 Å². The van der Waals surface area contributed by atoms with Crippen LogP contribution in [0.5, 0.6) is 0 Å². The smallest absolute Gasteiger partial charge is 0.144 e. The standard InChI is InChI=1S/C12H17N3S3/c1-6-7(2)18-10(5-17-6)12-14-9-4-16-3-8(9)11(13)15-12/h6-7,10H,3-5H2,1-2H3,(H2,13,14,15). The van der Waals surface area contributed by atoms with E-state index in [1.54, 1.807) is 0 Å². The normalized spacial score (nSPS) is 31.3. The van der Waals surface area contributed by atoms with Crippen LogP contribution in [0, 0.1) is 0 Å². The molecule has 0 amide bonds. The SMILES string of the molecule is CC1SCC(c2nc(N)c3c(n2)CSC3)SC1C. The summed E-state index contributed by atoms with van der Waals surface area (Å²) in [6, 6.07) is 0. The highest BCUT2D eigenvalue weighted by Gasteiger charge is 2.30. The minimum Gasteiger partial charge on any atom is -0.383 e. The molecule has 0 spiro atoms. The lowest BCUT2D eigenvalue weighted by Gasteiger charge is -2.30. The summed E-state index contributed by atoms with van der Waals surface area (Å²) in [5.74, 6) is 4.72. The summed E-state index contributed by atoms with van der Waals surface area (Å²) >= 11 is 5.89. The summed E-state index contributed by atoms with van der Waals surface area (Å²) in [6.45, 7) is 4.59. The Morgan fingerprint density at radius 2 is 2.00 bits per heavy atom. The van der Waals surface area contributed by atoms with E-state index in [2.05, 4.69) is 18.8 Å². The van der Waals surface area contributed by atoms with Gasteiger partial charge >= 0.3 is 0 Å². The van der Waals surface area contributed by atoms with E-state index < -0.39 is 0 Å². The molecule has 6 heteroatoms. The number of hydrogen-bond acceptors (Lipinski definition) is 6. The highest BCUT2D eigenvalue weighted by molar-refractivity contribution is 8.07. The van der Waals surface area contributed by atoms with Crippen molar-refractivity contribution in [2.45, 2.75) is 41.1 Å². The van der Waals surface area contributed by atoms with E-state index in [0.717, 1.165) is 23.1 Å². The Hall–Kier alpha value is -0.0700. The van der Waals surface area contributed by atoms with E-state index in [4.69, 9.17) is 10.7 Å². The summed E-state index contributed by atoms with van der Waals surface area (Å²) in [4.78, 5) is 9.30. The Labute approximate surface area is 120 Å². The van der Waals surface area contributed by atoms with E-state index in [-0.39, 0.29) is 0 Å². The quantitative estimate of drug-likeness (QED) is 0.860. The van der Waals surface area contributed by atoms with Crippen molar-refractivity contribution in [3.05, 3.63) is 17.1 Å². The van der Waals surface area contributed by atoms with Gasteiger partial charge in [-0.15, -0.1) is 11.8 Å². The lowest BCUT2D eigenvalue weighted by Crippen LogP contribution is -2.23. The van der Waals surface area contributed by atoms with Gasteiger partial charge in [0.1, 0.15) is 11.6 Å². The number of rotatable bonds is 1. The first kappa shape index (κ1) is 12.9. The maximum Gasteiger partial charge on any atom is 0.144 e. The molecule has 2 N–H and O–H groups in total. The van der Waals surface area contributed by atoms with Gasteiger partial charge in [-0.2, -0.15) is 23.5 Å². The van der Waals surface area contributed by atoms with E-state index >= 15 is 0 Å². The zero-order valence-electron chi connectivity index (χ0n) is 10.5. The molecule has 2 aliphatic heterocycles. The Morgan fingerprint density at radius 1 is 1.17 bits per heavy atom. The molecule has 98 valence electrons. The number of aromatic nitrogens is 2. The van der Waals surface area contributed by atoms with E-state index in [9.17, 15) is 0 Å². The van der Waals surface area contributed by atoms with Crippen LogP contribution in [0.4, 0.5) is 5.82 Å². The van der Waals surface area contributed by atoms with Crippen molar-refractivity contribution in [1.82, 2.24) is 9.97 Å². The van der Waals surface area contributed by atoms with Crippen LogP contribution in [-0.2, 0) is 11.5 Å². The summed E-state index contributed by atoms with van der Waals surface area (Å²) in [5.41, 5.74) is 8.39. The van der Waals surface area contributed by atoms with Crippen molar-refractivity contribution in [2.75, 3.05) is 11.5 Å². The largest absolute Gasteiger partial charge is 0.383 e. The highest BCUT2D eigenvalue weighted by atomic mass is 32.2. The molecule has 3 heterocycles. The second-order valence-corrected chi connectivity index (χ2v) is 8.73. The van der Waals surface area contributed by atoms with E-state index in [0.29, 0.717) is 21.6 Å². The third-order valence-electron chi connectivity index (χ3n) is 3.47. The van der Waals surface area contributed by atoms with E-state index in [1.807, 2.05) is 35.3 Å². The van der Waals surface area contributed by atoms with Crippen molar-refractivity contribution >= 4 is 41.1 Å². The number of nitrogens with zero attached hydrogens (tertiary/aromatic N) is 2. The number of anilines is 1. The van der Waals surface area contributed by atoms with Gasteiger partial charge in [-0.3, -0.25) is 0 Å². The molecule has 3 rings (SSSR count). The van der Waals surface area contributed by atoms with Crippen LogP contribution in [0.15, 0.2) is 0 Å². The molecule has 2 aliphatic rings. The van der Waals surface area contributed by atoms with Crippen LogP contribution in [0.25, 0.3) is 0 Å². The minimum atomic E-state index is 0.402. The molecule has 0 radical (unpaired) electrons. The first-order valence-corrected chi connectivity index (χ1v) is 9.29. The van der Waals surface area contributed by atoms with Crippen molar-refractivity contribution in [3.8, 4) is 0 Å². The van der Waals surface area contributed by atoms with Crippen molar-refractivity contribution < 1.29 is 0 Å². The van der Waals surface area contributed by atoms with Crippen LogP contribution in [0.2, 0.25) is 0 Å². The summed E-state index contributed by atoms with van der Waals surface area (Å²) < 4.78 is 0. The monoisotopic (exact) mass is 299 g/mol. The third-order valence-corrected chi connectivity index (χ3v) is 7.82. The Morgan fingerprint density at radius 3 is 2.78 bits per heavy atom. The molecule has 0 aliphatic carbocycles. The fraction of sp³-hybridized carbons (Fsp3) is 0.667. The van der Waals surface area contributed by atoms with Gasteiger partial charge < -0.3 is 5.73 Å². The highest BCUT2D eigenvalue weighted by Crippen LogP contribution is 2.44. The van der Waals surface area contributed by atoms with Crippen LogP contribution < -0.4 is 5.73 Å². The van der Waals surface area contributed by atoms with Crippen LogP contribution >= 0.6 is 35.3 Å². The third kappa shape index (κ3) is 2.34. The molecule has 1 saturated heterocycles. The Kier molecular flexibility index (Phi) is 3.69. The van der Waals surface area contributed by atoms with Gasteiger partial charge in [0.05, 0.1) is 10.9 Å². The summed E-state index contributed by atoms with van der Waals surface area (Å²) in [5, 5.41) is 1.77. The first-order chi connectivity index (χ1) is 8.65. The number of nitrogens with two attached hydrogens (primary N) is 1. The van der Waals surface area contributed by atoms with Gasteiger partial charge in [-0.1, -0.05) is 13.8 Å². The molecule has 3 nitrogen and oxygen atoms in total. The van der Waals surface area contributed by atoms with Gasteiger partial charge in [-0.25, -0.2) is 9.97 Å². The number of thioether (sulfide) groups is 3. The number of fused-ring (bicyclic) bond motifs is 1. The predicted octanol–water partition coefficient (Wildman–Crippen LogP) is 3.10. The molecule has 3 unspecified atom stereocenters. The molecule has 1 aromatic heterocycles. The minimum absolute atomic E-state index is 0.402. The van der Waals surface area contributed by atoms with Gasteiger partial charge in [0.25, 0.3) is 0 Å². The molecule has 3 atom stereocenters. The molecule has 0 aromatic carbocycles. The van der Waals surface area contributed by atoms with E-state index in [1.165, 1.54) is 11.3 Å². The molecule has 0 saturated carbocycles. The summed E-state index contributed by atoms with van der Waals surface area (Å²) in [6.07, 6.45) is 0. The lowest BCUT2D eigenvalue weighted by atomic mass is 10.2. The van der Waals surface area contributed by atoms with Crippen LogP contribution in [-0.4, -0.2) is 26.2 Å². The zero-order chi connectivity index (χ0) is 12.7. The second-order valence-electron chi connectivity index (χ2n) is 4.75. The topological polar surface area (TPSA) is 51.8 Å². The molecule has 0 bridgehead atoms. The number of hydrogen-bond donors (Lipinski definition) is 1. The van der Waals surface area contributed by atoms with Gasteiger partial charge in [-0.05, 0) is 0 Å². The average Bonchev–Trinajstić information content (AvgIpc) is 2.81. The Balaban J connectivity index is 1.87. The predicted molar refractivity (Wildman–Crippen MR) is 83.2 cm³/mol. The fourth-order valence-electron chi connectivity index (χ4n) is 2.16. The molecular formula is C12H17N3S3. The maximum atomic E-state index is 6.06. The molecule has 1 fully saturated rings. The Bertz CT molecular complexity index is 466. The maximum absolute atomic E-state index is 6.06. The van der Waals surface area contributed by atoms with Crippen molar-refractivity contribution in [1.29, 1.82) is 0 Å². The van der Waals surface area contributed by atoms with Gasteiger partial charge in [0.15, 0.2) is 0 Å². The second kappa shape index (κ2) is 5.13. The van der Waals surface area contributed by atoms with Crippen molar-refractivity contribution in [3.63, 3.8) is 0 Å². The van der Waals surface area contributed by atoms with Crippen LogP contribution in [0.3, 0.4) is 0 Å². The molecular weight excluding hydrogens is 282 g/mol. The number of nitrogen functional groups attached to an aromatic ring is 1. The fourth-order valence-corrected chi connectivity index (χ4v) is 6.05.